The van der Waals surface area contributed by atoms with Crippen molar-refractivity contribution in [1.29, 1.82) is 5.26 Å². The highest BCUT2D eigenvalue weighted by atomic mass is 79.9. The van der Waals surface area contributed by atoms with Gasteiger partial charge in [0.1, 0.15) is 23.7 Å². The molecule has 3 rings (SSSR count). The molecular weight excluding hydrogens is 396 g/mol. The van der Waals surface area contributed by atoms with Crippen LogP contribution in [0.1, 0.15) is 22.8 Å². The molecule has 1 heterocycles. The van der Waals surface area contributed by atoms with E-state index in [2.05, 4.69) is 27.3 Å². The van der Waals surface area contributed by atoms with Crippen molar-refractivity contribution < 1.29 is 9.97 Å². The molecule has 0 fully saturated rings. The van der Waals surface area contributed by atoms with E-state index in [0.717, 1.165) is 34.0 Å². The lowest BCUT2D eigenvalue weighted by molar-refractivity contribution is -0.379. The van der Waals surface area contributed by atoms with E-state index in [-0.39, 0.29) is 0 Å². The minimum absolute atomic E-state index is 0.497. The molecule has 0 bridgehead atoms. The normalized spacial score (nSPS) is 9.77. The molecule has 0 aliphatic rings. The van der Waals surface area contributed by atoms with Gasteiger partial charge in [0, 0.05) is 51.2 Å². The lowest BCUT2D eigenvalue weighted by Crippen LogP contribution is -2.55. The SMILES string of the molecule is CCn1c(NC)c(C#N)c2ccc([NH+]=O)cc21.O=Cc1ccc(Br)cc1. The van der Waals surface area contributed by atoms with Crippen molar-refractivity contribution in [2.45, 2.75) is 13.5 Å². The van der Waals surface area contributed by atoms with E-state index in [4.69, 9.17) is 0 Å². The summed E-state index contributed by atoms with van der Waals surface area (Å²) < 4.78 is 2.97. The fourth-order valence-electron chi connectivity index (χ4n) is 2.66. The highest BCUT2D eigenvalue weighted by molar-refractivity contribution is 9.10. The van der Waals surface area contributed by atoms with Crippen molar-refractivity contribution in [3.8, 4) is 6.07 Å². The molecule has 6 nitrogen and oxygen atoms in total. The first kappa shape index (κ1) is 19.3. The van der Waals surface area contributed by atoms with Gasteiger partial charge in [-0.25, -0.2) is 0 Å². The van der Waals surface area contributed by atoms with E-state index in [0.29, 0.717) is 16.8 Å². The fourth-order valence-corrected chi connectivity index (χ4v) is 2.92. The Balaban J connectivity index is 0.000000228. The first-order valence-electron chi connectivity index (χ1n) is 7.92. The second kappa shape index (κ2) is 8.92. The largest absolute Gasteiger partial charge is 0.373 e. The Morgan fingerprint density at radius 1 is 1.27 bits per heavy atom. The first-order chi connectivity index (χ1) is 12.6. The highest BCUT2D eigenvalue weighted by Gasteiger charge is 2.16. The number of anilines is 1. The van der Waals surface area contributed by atoms with Crippen LogP contribution in [-0.4, -0.2) is 17.9 Å². The molecule has 0 saturated heterocycles. The van der Waals surface area contributed by atoms with Gasteiger partial charge in [0.25, 0.3) is 5.69 Å². The van der Waals surface area contributed by atoms with Gasteiger partial charge in [-0.3, -0.25) is 4.79 Å². The summed E-state index contributed by atoms with van der Waals surface area (Å²) in [6.07, 6.45) is 0.826. The number of rotatable bonds is 4. The van der Waals surface area contributed by atoms with E-state index >= 15 is 0 Å². The summed E-state index contributed by atoms with van der Waals surface area (Å²) in [6, 6.07) is 14.6. The topological polar surface area (TPSA) is 88.9 Å². The number of aldehydes is 1. The zero-order valence-electron chi connectivity index (χ0n) is 14.4. The maximum Gasteiger partial charge on any atom is 0.255 e. The predicted molar refractivity (Wildman–Crippen MR) is 105 cm³/mol. The number of hydrogen-bond donors (Lipinski definition) is 2. The maximum absolute atomic E-state index is 10.7. The highest BCUT2D eigenvalue weighted by Crippen LogP contribution is 2.30. The third kappa shape index (κ3) is 3.98. The zero-order chi connectivity index (χ0) is 19.1. The van der Waals surface area contributed by atoms with E-state index in [1.807, 2.05) is 28.8 Å². The quantitative estimate of drug-likeness (QED) is 0.642. The number of nitrogens with zero attached hydrogens (tertiary/aromatic N) is 2. The van der Waals surface area contributed by atoms with Crippen molar-refractivity contribution in [1.82, 2.24) is 4.57 Å². The molecule has 0 amide bonds. The van der Waals surface area contributed by atoms with Gasteiger partial charge in [0.2, 0.25) is 0 Å². The van der Waals surface area contributed by atoms with Crippen LogP contribution in [0.25, 0.3) is 10.9 Å². The molecule has 2 N–H and O–H groups in total. The standard InChI is InChI=1S/C12H12N4O.C7H5BrO/c1-3-16-11-6-8(15-17)4-5-9(11)10(7-13)12(16)14-2;8-7-3-1-6(5-9)2-4-7/h4-6,14H,3H2,1-2H3;1-5H/p+1. The minimum Gasteiger partial charge on any atom is -0.373 e. The molecule has 0 aliphatic heterocycles. The van der Waals surface area contributed by atoms with Crippen molar-refractivity contribution in [2.75, 3.05) is 12.4 Å². The number of halogens is 1. The van der Waals surface area contributed by atoms with Gasteiger partial charge >= 0.3 is 0 Å². The van der Waals surface area contributed by atoms with Gasteiger partial charge in [-0.2, -0.15) is 5.26 Å². The van der Waals surface area contributed by atoms with Gasteiger partial charge < -0.3 is 9.88 Å². The Bertz CT molecular complexity index is 972. The molecule has 7 heteroatoms. The number of aryl methyl sites for hydroxylation is 1. The Morgan fingerprint density at radius 3 is 2.46 bits per heavy atom. The average molecular weight is 414 g/mol. The van der Waals surface area contributed by atoms with Crippen LogP contribution in [0.4, 0.5) is 11.5 Å². The summed E-state index contributed by atoms with van der Waals surface area (Å²) in [7, 11) is 1.79. The zero-order valence-corrected chi connectivity index (χ0v) is 16.0. The van der Waals surface area contributed by atoms with Crippen LogP contribution in [0.2, 0.25) is 0 Å². The van der Waals surface area contributed by atoms with Crippen LogP contribution in [-0.2, 0) is 6.54 Å². The summed E-state index contributed by atoms with van der Waals surface area (Å²) in [5, 5.41) is 15.0. The van der Waals surface area contributed by atoms with Gasteiger partial charge in [-0.05, 0) is 25.1 Å². The molecule has 0 radical (unpaired) electrons. The Labute approximate surface area is 159 Å². The number of nitriles is 1. The Hall–Kier alpha value is -2.98. The molecule has 132 valence electrons. The van der Waals surface area contributed by atoms with Crippen LogP contribution in [0, 0.1) is 16.2 Å². The van der Waals surface area contributed by atoms with E-state index < -0.39 is 0 Å². The van der Waals surface area contributed by atoms with E-state index in [1.165, 1.54) is 0 Å². The molecule has 1 aromatic heterocycles. The molecule has 0 aliphatic carbocycles. The van der Waals surface area contributed by atoms with Crippen molar-refractivity contribution in [3.63, 3.8) is 0 Å². The molecule has 3 aromatic rings. The Kier molecular flexibility index (Phi) is 6.64. The van der Waals surface area contributed by atoms with Crippen LogP contribution < -0.4 is 10.5 Å². The number of carbonyl (C=O) groups is 1. The molecule has 0 unspecified atom stereocenters. The van der Waals surface area contributed by atoms with Crippen LogP contribution in [0.3, 0.4) is 0 Å². The Morgan fingerprint density at radius 2 is 1.96 bits per heavy atom. The summed E-state index contributed by atoms with van der Waals surface area (Å²) >= 11 is 3.26. The smallest absolute Gasteiger partial charge is 0.255 e. The third-order valence-electron chi connectivity index (χ3n) is 3.85. The van der Waals surface area contributed by atoms with Gasteiger partial charge in [0.05, 0.1) is 5.52 Å². The first-order valence-corrected chi connectivity index (χ1v) is 8.71. The number of carbonyl (C=O) groups excluding carboxylic acids is 1. The lowest BCUT2D eigenvalue weighted by atomic mass is 10.1. The van der Waals surface area contributed by atoms with Gasteiger partial charge in [0.15, 0.2) is 0 Å². The molecule has 0 atom stereocenters. The monoisotopic (exact) mass is 413 g/mol. The van der Waals surface area contributed by atoms with E-state index in [9.17, 15) is 15.0 Å². The summed E-state index contributed by atoms with van der Waals surface area (Å²) in [5.74, 6) is 0.785. The summed E-state index contributed by atoms with van der Waals surface area (Å²) in [4.78, 5) is 20.8. The molecule has 0 spiro atoms. The van der Waals surface area contributed by atoms with Crippen molar-refractivity contribution >= 4 is 44.6 Å². The number of aromatic nitrogens is 1. The second-order valence-corrected chi connectivity index (χ2v) is 6.25. The number of hydrogen-bond acceptors (Lipinski definition) is 4. The number of benzene rings is 2. The molecule has 0 saturated carbocycles. The summed E-state index contributed by atoms with van der Waals surface area (Å²) in [5.41, 5.74) is 2.70. The molecule has 26 heavy (non-hydrogen) atoms. The van der Waals surface area contributed by atoms with Crippen molar-refractivity contribution in [3.05, 3.63) is 63.0 Å². The van der Waals surface area contributed by atoms with Crippen LogP contribution in [0.5, 0.6) is 0 Å². The third-order valence-corrected chi connectivity index (χ3v) is 4.38. The number of nitrogens with one attached hydrogen (secondary N) is 2. The average Bonchev–Trinajstić information content (AvgIpc) is 3.00. The predicted octanol–water partition coefficient (Wildman–Crippen LogP) is 3.31. The van der Waals surface area contributed by atoms with Gasteiger partial charge in [-0.1, -0.05) is 28.1 Å². The number of nitroso groups, excluding NO2 is 1. The van der Waals surface area contributed by atoms with Crippen LogP contribution in [0.15, 0.2) is 46.9 Å². The summed E-state index contributed by atoms with van der Waals surface area (Å²) in [6.45, 7) is 2.73. The minimum atomic E-state index is 0.497. The lowest BCUT2D eigenvalue weighted by Gasteiger charge is -2.06. The van der Waals surface area contributed by atoms with Gasteiger partial charge in [-0.15, -0.1) is 0 Å². The van der Waals surface area contributed by atoms with Crippen LogP contribution >= 0.6 is 15.9 Å². The maximum atomic E-state index is 10.7. The molecular formula is C19H18BrN4O2+. The second-order valence-electron chi connectivity index (χ2n) is 5.33. The fraction of sp³-hybridized carbons (Fsp3) is 0.158. The van der Waals surface area contributed by atoms with Crippen molar-refractivity contribution in [2.24, 2.45) is 0 Å². The van der Waals surface area contributed by atoms with E-state index in [1.54, 1.807) is 37.4 Å². The number of fused-ring (bicyclic) bond motifs is 1. The molecule has 2 aromatic carbocycles.